The lowest BCUT2D eigenvalue weighted by atomic mass is 9.83. The summed E-state index contributed by atoms with van der Waals surface area (Å²) in [5, 5.41) is 0. The van der Waals surface area contributed by atoms with Gasteiger partial charge in [-0.05, 0) is 45.6 Å². The van der Waals surface area contributed by atoms with Crippen LogP contribution in [0.4, 0.5) is 0 Å². The molecule has 0 saturated carbocycles. The highest BCUT2D eigenvalue weighted by atomic mass is 16.1. The number of hydrogen-bond donors (Lipinski definition) is 0. The van der Waals surface area contributed by atoms with Gasteiger partial charge >= 0.3 is 0 Å². The number of fused-ring (bicyclic) bond motifs is 2. The molecule has 3 rings (SSSR count). The Morgan fingerprint density at radius 1 is 1.16 bits per heavy atom. The first-order chi connectivity index (χ1) is 9.13. The molecule has 0 aromatic carbocycles. The maximum absolute atomic E-state index is 11.8. The second-order valence-electron chi connectivity index (χ2n) is 7.13. The minimum atomic E-state index is 0.515. The monoisotopic (exact) mass is 264 g/mol. The maximum Gasteiger partial charge on any atom is 0.136 e. The zero-order valence-corrected chi connectivity index (χ0v) is 12.5. The van der Waals surface area contributed by atoms with Crippen LogP contribution in [-0.2, 0) is 4.79 Å². The van der Waals surface area contributed by atoms with Gasteiger partial charge < -0.3 is 4.90 Å². The summed E-state index contributed by atoms with van der Waals surface area (Å²) in [6, 6.07) is 1.84. The molecule has 3 fully saturated rings. The van der Waals surface area contributed by atoms with Crippen molar-refractivity contribution in [1.82, 2.24) is 9.80 Å². The van der Waals surface area contributed by atoms with Crippen LogP contribution in [0.1, 0.15) is 52.4 Å². The highest BCUT2D eigenvalue weighted by Gasteiger charge is 2.39. The molecule has 0 aliphatic carbocycles. The van der Waals surface area contributed by atoms with Gasteiger partial charge in [-0.2, -0.15) is 0 Å². The van der Waals surface area contributed by atoms with Crippen LogP contribution >= 0.6 is 0 Å². The standard InChI is InChI=1S/C16H28N2O/c1-12(2)17-7-6-13(10-17)11-18-14-4-3-5-15(18)9-16(19)8-14/h12-15H,3-11H2,1-2H3. The number of piperidine rings is 2. The molecular formula is C16H28N2O. The van der Waals surface area contributed by atoms with E-state index in [0.717, 1.165) is 18.8 Å². The van der Waals surface area contributed by atoms with Crippen LogP contribution in [-0.4, -0.2) is 53.3 Å². The Morgan fingerprint density at radius 2 is 1.84 bits per heavy atom. The Hall–Kier alpha value is -0.410. The molecule has 0 radical (unpaired) electrons. The molecule has 3 aliphatic heterocycles. The average molecular weight is 264 g/mol. The molecule has 3 heterocycles. The van der Waals surface area contributed by atoms with Crippen LogP contribution in [0.2, 0.25) is 0 Å². The second-order valence-corrected chi connectivity index (χ2v) is 7.13. The predicted molar refractivity (Wildman–Crippen MR) is 77.2 cm³/mol. The molecule has 0 aromatic heterocycles. The van der Waals surface area contributed by atoms with Crippen LogP contribution < -0.4 is 0 Å². The van der Waals surface area contributed by atoms with Gasteiger partial charge in [0.25, 0.3) is 0 Å². The average Bonchev–Trinajstić information content (AvgIpc) is 2.79. The van der Waals surface area contributed by atoms with Gasteiger partial charge in [-0.1, -0.05) is 6.42 Å². The van der Waals surface area contributed by atoms with Gasteiger partial charge in [0.2, 0.25) is 0 Å². The minimum absolute atomic E-state index is 0.515. The molecule has 3 nitrogen and oxygen atoms in total. The van der Waals surface area contributed by atoms with E-state index in [4.69, 9.17) is 0 Å². The highest BCUT2D eigenvalue weighted by molar-refractivity contribution is 5.80. The van der Waals surface area contributed by atoms with Crippen molar-refractivity contribution in [3.63, 3.8) is 0 Å². The zero-order chi connectivity index (χ0) is 13.4. The van der Waals surface area contributed by atoms with Gasteiger partial charge in [-0.15, -0.1) is 0 Å². The Balaban J connectivity index is 1.59. The molecule has 0 N–H and O–H groups in total. The number of carbonyl (C=O) groups excluding carboxylic acids is 1. The molecule has 2 bridgehead atoms. The molecule has 0 amide bonds. The number of rotatable bonds is 3. The van der Waals surface area contributed by atoms with E-state index in [1.165, 1.54) is 45.3 Å². The molecule has 3 atom stereocenters. The largest absolute Gasteiger partial charge is 0.301 e. The number of likely N-dealkylation sites (tertiary alicyclic amines) is 1. The summed E-state index contributed by atoms with van der Waals surface area (Å²) < 4.78 is 0. The van der Waals surface area contributed by atoms with E-state index in [2.05, 4.69) is 23.6 Å². The SMILES string of the molecule is CC(C)N1CCC(CN2C3CCCC2CC(=O)C3)C1. The van der Waals surface area contributed by atoms with E-state index >= 15 is 0 Å². The van der Waals surface area contributed by atoms with Crippen molar-refractivity contribution in [2.75, 3.05) is 19.6 Å². The van der Waals surface area contributed by atoms with Crippen LogP contribution in [0.25, 0.3) is 0 Å². The lowest BCUT2D eigenvalue weighted by molar-refractivity contribution is -0.127. The number of carbonyl (C=O) groups is 1. The summed E-state index contributed by atoms with van der Waals surface area (Å²) in [5.41, 5.74) is 0. The molecule has 0 spiro atoms. The van der Waals surface area contributed by atoms with Crippen molar-refractivity contribution in [1.29, 1.82) is 0 Å². The predicted octanol–water partition coefficient (Wildman–Crippen LogP) is 2.30. The molecule has 3 saturated heterocycles. The lowest BCUT2D eigenvalue weighted by Gasteiger charge is -2.46. The van der Waals surface area contributed by atoms with Crippen LogP contribution in [0.15, 0.2) is 0 Å². The van der Waals surface area contributed by atoms with Crippen LogP contribution in [0, 0.1) is 5.92 Å². The fourth-order valence-electron chi connectivity index (χ4n) is 4.34. The number of ketones is 1. The first-order valence-electron chi connectivity index (χ1n) is 8.15. The number of hydrogen-bond acceptors (Lipinski definition) is 3. The Morgan fingerprint density at radius 3 is 2.42 bits per heavy atom. The van der Waals surface area contributed by atoms with E-state index in [-0.39, 0.29) is 0 Å². The molecule has 3 unspecified atom stereocenters. The topological polar surface area (TPSA) is 23.6 Å². The second kappa shape index (κ2) is 5.53. The Bertz CT molecular complexity index is 326. The summed E-state index contributed by atoms with van der Waals surface area (Å²) in [4.78, 5) is 17.1. The highest BCUT2D eigenvalue weighted by Crippen LogP contribution is 2.34. The van der Waals surface area contributed by atoms with Crippen LogP contribution in [0.3, 0.4) is 0 Å². The Labute approximate surface area is 117 Å². The van der Waals surface area contributed by atoms with Crippen molar-refractivity contribution in [2.45, 2.75) is 70.5 Å². The van der Waals surface area contributed by atoms with Crippen molar-refractivity contribution < 1.29 is 4.79 Å². The maximum atomic E-state index is 11.8. The van der Waals surface area contributed by atoms with Crippen LogP contribution in [0.5, 0.6) is 0 Å². The van der Waals surface area contributed by atoms with E-state index in [1.807, 2.05) is 0 Å². The number of Topliss-reactive ketones (excluding diaryl/α,β-unsaturated/α-hetero) is 1. The molecule has 108 valence electrons. The fraction of sp³-hybridized carbons (Fsp3) is 0.938. The fourth-order valence-corrected chi connectivity index (χ4v) is 4.34. The normalized spacial score (nSPS) is 37.2. The third kappa shape index (κ3) is 2.87. The Kier molecular flexibility index (Phi) is 3.95. The van der Waals surface area contributed by atoms with E-state index < -0.39 is 0 Å². The van der Waals surface area contributed by atoms with Gasteiger partial charge in [0, 0.05) is 44.1 Å². The van der Waals surface area contributed by atoms with Gasteiger partial charge in [-0.25, -0.2) is 0 Å². The van der Waals surface area contributed by atoms with E-state index in [1.54, 1.807) is 0 Å². The van der Waals surface area contributed by atoms with E-state index in [0.29, 0.717) is 23.9 Å². The van der Waals surface area contributed by atoms with Gasteiger partial charge in [0.1, 0.15) is 5.78 Å². The summed E-state index contributed by atoms with van der Waals surface area (Å²) in [6.07, 6.45) is 6.85. The first kappa shape index (κ1) is 13.6. The van der Waals surface area contributed by atoms with E-state index in [9.17, 15) is 4.79 Å². The van der Waals surface area contributed by atoms with Gasteiger partial charge in [0.05, 0.1) is 0 Å². The lowest BCUT2D eigenvalue weighted by Crippen LogP contribution is -2.54. The third-order valence-electron chi connectivity index (χ3n) is 5.46. The van der Waals surface area contributed by atoms with Gasteiger partial charge in [-0.3, -0.25) is 9.69 Å². The third-order valence-corrected chi connectivity index (χ3v) is 5.46. The summed E-state index contributed by atoms with van der Waals surface area (Å²) in [5.74, 6) is 1.35. The van der Waals surface area contributed by atoms with Gasteiger partial charge in [0.15, 0.2) is 0 Å². The zero-order valence-electron chi connectivity index (χ0n) is 12.5. The molecule has 3 heteroatoms. The molecule has 3 aliphatic rings. The summed E-state index contributed by atoms with van der Waals surface area (Å²) >= 11 is 0. The smallest absolute Gasteiger partial charge is 0.136 e. The van der Waals surface area contributed by atoms with Crippen molar-refractivity contribution in [2.24, 2.45) is 5.92 Å². The van der Waals surface area contributed by atoms with Crippen molar-refractivity contribution in [3.05, 3.63) is 0 Å². The van der Waals surface area contributed by atoms with Crippen molar-refractivity contribution >= 4 is 5.78 Å². The summed E-state index contributed by atoms with van der Waals surface area (Å²) in [7, 11) is 0. The quantitative estimate of drug-likeness (QED) is 0.781. The van der Waals surface area contributed by atoms with Crippen molar-refractivity contribution in [3.8, 4) is 0 Å². The number of nitrogens with zero attached hydrogens (tertiary/aromatic N) is 2. The minimum Gasteiger partial charge on any atom is -0.301 e. The molecular weight excluding hydrogens is 236 g/mol. The molecule has 19 heavy (non-hydrogen) atoms. The molecule has 0 aromatic rings. The first-order valence-corrected chi connectivity index (χ1v) is 8.15. The summed E-state index contributed by atoms with van der Waals surface area (Å²) in [6.45, 7) is 8.38.